The minimum Gasteiger partial charge on any atom is -0.478 e. The number of aromatic carboxylic acids is 1. The van der Waals surface area contributed by atoms with Gasteiger partial charge in [0.2, 0.25) is 0 Å². The van der Waals surface area contributed by atoms with E-state index >= 15 is 0 Å². The van der Waals surface area contributed by atoms with Crippen molar-refractivity contribution in [3.63, 3.8) is 0 Å². The number of hydrogen-bond acceptors (Lipinski definition) is 2. The number of alkyl halides is 3. The molecule has 4 rings (SSSR count). The third-order valence-electron chi connectivity index (χ3n) is 4.61. The highest BCUT2D eigenvalue weighted by atomic mass is 19.4. The Hall–Kier alpha value is -3.61. The molecule has 3 aromatic carbocycles. The van der Waals surface area contributed by atoms with Gasteiger partial charge in [-0.25, -0.2) is 9.78 Å². The quantitative estimate of drug-likeness (QED) is 0.507. The number of carbonyl (C=O) groups is 1. The zero-order valence-corrected chi connectivity index (χ0v) is 15.0. The fourth-order valence-corrected chi connectivity index (χ4v) is 3.27. The van der Waals surface area contributed by atoms with Gasteiger partial charge in [-0.05, 0) is 42.0 Å². The largest absolute Gasteiger partial charge is 0.478 e. The summed E-state index contributed by atoms with van der Waals surface area (Å²) >= 11 is 0. The van der Waals surface area contributed by atoms with E-state index in [9.17, 15) is 23.1 Å². The lowest BCUT2D eigenvalue weighted by Gasteiger charge is -2.11. The molecule has 1 heterocycles. The molecule has 0 amide bonds. The first-order chi connectivity index (χ1) is 13.8. The van der Waals surface area contributed by atoms with Crippen LogP contribution in [0.1, 0.15) is 27.3 Å². The SMILES string of the molecule is O=C(O)c1cccc(-n2c(Cc3ccccc3)nc3cc(C(F)(F)F)ccc32)c1. The molecule has 1 N–H and O–H groups in total. The second-order valence-electron chi connectivity index (χ2n) is 6.58. The number of imidazole rings is 1. The molecule has 0 aliphatic heterocycles. The summed E-state index contributed by atoms with van der Waals surface area (Å²) in [5.41, 5.74) is 1.45. The number of benzene rings is 3. The van der Waals surface area contributed by atoms with Crippen molar-refractivity contribution in [3.05, 3.63) is 95.3 Å². The van der Waals surface area contributed by atoms with E-state index in [0.29, 0.717) is 23.4 Å². The fraction of sp³-hybridized carbons (Fsp3) is 0.0909. The van der Waals surface area contributed by atoms with E-state index in [2.05, 4.69) is 4.98 Å². The summed E-state index contributed by atoms with van der Waals surface area (Å²) in [5.74, 6) is -0.562. The molecule has 146 valence electrons. The maximum absolute atomic E-state index is 13.1. The lowest BCUT2D eigenvalue weighted by Crippen LogP contribution is -2.05. The van der Waals surface area contributed by atoms with Gasteiger partial charge in [-0.3, -0.25) is 4.57 Å². The van der Waals surface area contributed by atoms with Crippen LogP contribution < -0.4 is 0 Å². The van der Waals surface area contributed by atoms with Crippen LogP contribution in [0.5, 0.6) is 0 Å². The maximum Gasteiger partial charge on any atom is 0.416 e. The van der Waals surface area contributed by atoms with Crippen LogP contribution in [0.4, 0.5) is 13.2 Å². The van der Waals surface area contributed by atoms with Crippen molar-refractivity contribution in [1.29, 1.82) is 0 Å². The number of hydrogen-bond donors (Lipinski definition) is 1. The van der Waals surface area contributed by atoms with E-state index in [4.69, 9.17) is 0 Å². The highest BCUT2D eigenvalue weighted by Crippen LogP contribution is 2.32. The number of halogens is 3. The zero-order valence-electron chi connectivity index (χ0n) is 15.0. The van der Waals surface area contributed by atoms with Crippen molar-refractivity contribution in [2.45, 2.75) is 12.6 Å². The molecule has 0 unspecified atom stereocenters. The number of nitrogens with zero attached hydrogens (tertiary/aromatic N) is 2. The van der Waals surface area contributed by atoms with Crippen LogP contribution in [-0.4, -0.2) is 20.6 Å². The third-order valence-corrected chi connectivity index (χ3v) is 4.61. The minimum atomic E-state index is -4.47. The van der Waals surface area contributed by atoms with E-state index in [0.717, 1.165) is 17.7 Å². The first kappa shape index (κ1) is 18.7. The van der Waals surface area contributed by atoms with Crippen LogP contribution in [0, 0.1) is 0 Å². The average Bonchev–Trinajstić information content (AvgIpc) is 3.05. The van der Waals surface area contributed by atoms with Gasteiger partial charge < -0.3 is 5.11 Å². The van der Waals surface area contributed by atoms with Crippen molar-refractivity contribution in [2.75, 3.05) is 0 Å². The van der Waals surface area contributed by atoms with Gasteiger partial charge in [-0.2, -0.15) is 13.2 Å². The first-order valence-electron chi connectivity index (χ1n) is 8.79. The standard InChI is InChI=1S/C22H15F3N2O2/c23-22(24,25)16-9-10-19-18(13-16)26-20(11-14-5-2-1-3-6-14)27(19)17-8-4-7-15(12-17)21(28)29/h1-10,12-13H,11H2,(H,28,29). The van der Waals surface area contributed by atoms with Gasteiger partial charge in [0.05, 0.1) is 22.2 Å². The van der Waals surface area contributed by atoms with Gasteiger partial charge in [0.15, 0.2) is 0 Å². The Morgan fingerprint density at radius 1 is 0.966 bits per heavy atom. The molecule has 0 radical (unpaired) electrons. The first-order valence-corrected chi connectivity index (χ1v) is 8.79. The molecule has 0 atom stereocenters. The molecule has 0 spiro atoms. The minimum absolute atomic E-state index is 0.0851. The average molecular weight is 396 g/mol. The summed E-state index contributed by atoms with van der Waals surface area (Å²) in [6, 6.07) is 19.1. The summed E-state index contributed by atoms with van der Waals surface area (Å²) in [6.07, 6.45) is -4.09. The van der Waals surface area contributed by atoms with Gasteiger partial charge in [-0.15, -0.1) is 0 Å². The van der Waals surface area contributed by atoms with Gasteiger partial charge in [0, 0.05) is 12.1 Å². The molecule has 0 bridgehead atoms. The summed E-state index contributed by atoms with van der Waals surface area (Å²) in [6.45, 7) is 0. The maximum atomic E-state index is 13.1. The van der Waals surface area contributed by atoms with E-state index in [1.807, 2.05) is 30.3 Å². The molecule has 0 aliphatic carbocycles. The Balaban J connectivity index is 1.93. The van der Waals surface area contributed by atoms with Crippen LogP contribution in [0.2, 0.25) is 0 Å². The third kappa shape index (κ3) is 3.71. The molecule has 0 aliphatic rings. The number of carboxylic acid groups (broad SMARTS) is 1. The summed E-state index contributed by atoms with van der Waals surface area (Å²) in [4.78, 5) is 15.8. The van der Waals surface area contributed by atoms with E-state index in [1.165, 1.54) is 18.2 Å². The van der Waals surface area contributed by atoms with Crippen LogP contribution in [0.3, 0.4) is 0 Å². The number of rotatable bonds is 4. The molecule has 0 saturated carbocycles. The van der Waals surface area contributed by atoms with Crippen LogP contribution in [0.15, 0.2) is 72.8 Å². The highest BCUT2D eigenvalue weighted by Gasteiger charge is 2.31. The number of aromatic nitrogens is 2. The molecule has 29 heavy (non-hydrogen) atoms. The van der Waals surface area contributed by atoms with Gasteiger partial charge in [-0.1, -0.05) is 36.4 Å². The predicted molar refractivity (Wildman–Crippen MR) is 102 cm³/mol. The molecule has 7 heteroatoms. The zero-order chi connectivity index (χ0) is 20.6. The number of fused-ring (bicyclic) bond motifs is 1. The van der Waals surface area contributed by atoms with E-state index in [-0.39, 0.29) is 11.1 Å². The molecule has 4 aromatic rings. The molecule has 4 nitrogen and oxygen atoms in total. The Kier molecular flexibility index (Phi) is 4.58. The van der Waals surface area contributed by atoms with Crippen molar-refractivity contribution in [2.24, 2.45) is 0 Å². The lowest BCUT2D eigenvalue weighted by atomic mass is 10.1. The summed E-state index contributed by atoms with van der Waals surface area (Å²) in [5, 5.41) is 9.30. The highest BCUT2D eigenvalue weighted by molar-refractivity contribution is 5.88. The summed E-state index contributed by atoms with van der Waals surface area (Å²) < 4.78 is 41.1. The Bertz CT molecular complexity index is 1200. The van der Waals surface area contributed by atoms with Gasteiger partial charge >= 0.3 is 12.1 Å². The van der Waals surface area contributed by atoms with Crippen molar-refractivity contribution in [3.8, 4) is 5.69 Å². The molecule has 0 saturated heterocycles. The smallest absolute Gasteiger partial charge is 0.416 e. The monoisotopic (exact) mass is 396 g/mol. The van der Waals surface area contributed by atoms with Crippen molar-refractivity contribution < 1.29 is 23.1 Å². The normalized spacial score (nSPS) is 11.7. The van der Waals surface area contributed by atoms with Crippen molar-refractivity contribution >= 4 is 17.0 Å². The van der Waals surface area contributed by atoms with Gasteiger partial charge in [0.1, 0.15) is 5.82 Å². The molecule has 1 aromatic heterocycles. The Morgan fingerprint density at radius 3 is 2.41 bits per heavy atom. The van der Waals surface area contributed by atoms with Crippen LogP contribution in [-0.2, 0) is 12.6 Å². The topological polar surface area (TPSA) is 55.1 Å². The Labute approximate surface area is 163 Å². The van der Waals surface area contributed by atoms with Crippen LogP contribution in [0.25, 0.3) is 16.7 Å². The lowest BCUT2D eigenvalue weighted by molar-refractivity contribution is -0.137. The molecular formula is C22H15F3N2O2. The van der Waals surface area contributed by atoms with Crippen LogP contribution >= 0.6 is 0 Å². The Morgan fingerprint density at radius 2 is 1.72 bits per heavy atom. The number of carboxylic acids is 1. The predicted octanol–water partition coefficient (Wildman–Crippen LogP) is 5.33. The second-order valence-corrected chi connectivity index (χ2v) is 6.58. The van der Waals surface area contributed by atoms with Gasteiger partial charge in [0.25, 0.3) is 0 Å². The van der Waals surface area contributed by atoms with E-state index < -0.39 is 17.7 Å². The second kappa shape index (κ2) is 7.09. The molecule has 0 fully saturated rings. The summed E-state index contributed by atoms with van der Waals surface area (Å²) in [7, 11) is 0. The fourth-order valence-electron chi connectivity index (χ4n) is 3.27. The molecular weight excluding hydrogens is 381 g/mol. The van der Waals surface area contributed by atoms with E-state index in [1.54, 1.807) is 16.7 Å². The van der Waals surface area contributed by atoms with Crippen molar-refractivity contribution in [1.82, 2.24) is 9.55 Å².